The van der Waals surface area contributed by atoms with Crippen LogP contribution in [-0.4, -0.2) is 51.6 Å². The van der Waals surface area contributed by atoms with E-state index in [-0.39, 0.29) is 25.3 Å². The molecule has 178 valence electrons. The molecule has 0 unspecified atom stereocenters. The largest absolute Gasteiger partial charge is 0.481 e. The van der Waals surface area contributed by atoms with Crippen LogP contribution in [0.2, 0.25) is 0 Å². The average Bonchev–Trinajstić information content (AvgIpc) is 2.64. The van der Waals surface area contributed by atoms with Gasteiger partial charge in [0, 0.05) is 13.0 Å². The van der Waals surface area contributed by atoms with E-state index < -0.39 is 41.6 Å². The Balaban J connectivity index is 3.27. The maximum Gasteiger partial charge on any atom is 0.408 e. The number of nitrogens with one attached hydrogen (secondary N) is 1. The fraction of sp³-hybridized carbons (Fsp3) is 0.565. The molecule has 1 rings (SSSR count). The van der Waals surface area contributed by atoms with Crippen LogP contribution in [0.3, 0.4) is 0 Å². The maximum atomic E-state index is 13.6. The molecular weight excluding hydrogens is 414 g/mol. The van der Waals surface area contributed by atoms with Gasteiger partial charge in [-0.15, -0.1) is 0 Å². The zero-order chi connectivity index (χ0) is 24.5. The number of carboxylic acids is 1. The van der Waals surface area contributed by atoms with E-state index in [1.165, 1.54) is 4.90 Å². The lowest BCUT2D eigenvalue weighted by Crippen LogP contribution is -2.55. The van der Waals surface area contributed by atoms with Gasteiger partial charge in [0.1, 0.15) is 17.7 Å². The van der Waals surface area contributed by atoms with Crippen molar-refractivity contribution in [2.24, 2.45) is 11.7 Å². The number of aliphatic carboxylic acids is 1. The van der Waals surface area contributed by atoms with Crippen LogP contribution in [0.1, 0.15) is 59.4 Å². The minimum Gasteiger partial charge on any atom is -0.481 e. The number of ether oxygens (including phenoxy) is 1. The summed E-state index contributed by atoms with van der Waals surface area (Å²) in [5.41, 5.74) is 5.55. The van der Waals surface area contributed by atoms with E-state index in [1.54, 1.807) is 45.0 Å². The lowest BCUT2D eigenvalue weighted by molar-refractivity contribution is -0.144. The van der Waals surface area contributed by atoms with Gasteiger partial charge in [0.2, 0.25) is 11.8 Å². The van der Waals surface area contributed by atoms with Crippen LogP contribution in [0, 0.1) is 5.92 Å². The van der Waals surface area contributed by atoms with Crippen molar-refractivity contribution in [1.29, 1.82) is 0 Å². The van der Waals surface area contributed by atoms with Crippen LogP contribution in [0.5, 0.6) is 0 Å². The van der Waals surface area contributed by atoms with Gasteiger partial charge in [-0.1, -0.05) is 44.2 Å². The standard InChI is InChI=1S/C23H35N3O6/c1-15(2)13-17(25-22(31)32-23(3,4)5)21(30)26(14-16-9-7-6-8-10-16)18(20(24)29)11-12-19(27)28/h6-10,15,17-18H,11-14H2,1-5H3,(H2,24,29)(H,25,31)(H,27,28)/t17-,18+/m0/s1. The molecule has 4 N–H and O–H groups in total. The lowest BCUT2D eigenvalue weighted by Gasteiger charge is -2.34. The highest BCUT2D eigenvalue weighted by molar-refractivity contribution is 5.91. The van der Waals surface area contributed by atoms with Crippen LogP contribution < -0.4 is 11.1 Å². The summed E-state index contributed by atoms with van der Waals surface area (Å²) in [7, 11) is 0. The Morgan fingerprint density at radius 3 is 2.19 bits per heavy atom. The molecule has 0 aliphatic carbocycles. The van der Waals surface area contributed by atoms with Crippen LogP contribution in [0.4, 0.5) is 4.79 Å². The minimum atomic E-state index is -1.14. The number of nitrogens with two attached hydrogens (primary N) is 1. The predicted molar refractivity (Wildman–Crippen MR) is 119 cm³/mol. The quantitative estimate of drug-likeness (QED) is 0.475. The number of rotatable bonds is 11. The molecule has 0 aliphatic rings. The zero-order valence-electron chi connectivity index (χ0n) is 19.5. The van der Waals surface area contributed by atoms with Crippen LogP contribution >= 0.6 is 0 Å². The molecule has 0 radical (unpaired) electrons. The highest BCUT2D eigenvalue weighted by atomic mass is 16.6. The van der Waals surface area contributed by atoms with Crippen molar-refractivity contribution in [2.75, 3.05) is 0 Å². The van der Waals surface area contributed by atoms with Crippen LogP contribution in [0.15, 0.2) is 30.3 Å². The number of carboxylic acid groups (broad SMARTS) is 1. The third kappa shape index (κ3) is 9.80. The number of hydrogen-bond acceptors (Lipinski definition) is 5. The van der Waals surface area contributed by atoms with Crippen molar-refractivity contribution in [3.05, 3.63) is 35.9 Å². The number of nitrogens with zero attached hydrogens (tertiary/aromatic N) is 1. The Hall–Kier alpha value is -3.10. The molecular formula is C23H35N3O6. The zero-order valence-corrected chi connectivity index (χ0v) is 19.5. The van der Waals surface area contributed by atoms with E-state index in [4.69, 9.17) is 15.6 Å². The Bertz CT molecular complexity index is 789. The Morgan fingerprint density at radius 1 is 1.12 bits per heavy atom. The Kier molecular flexibility index (Phi) is 10.2. The second-order valence-corrected chi connectivity index (χ2v) is 9.13. The number of alkyl carbamates (subject to hydrolysis) is 1. The van der Waals surface area contributed by atoms with E-state index in [2.05, 4.69) is 5.32 Å². The first-order chi connectivity index (χ1) is 14.8. The van der Waals surface area contributed by atoms with Crippen molar-refractivity contribution in [1.82, 2.24) is 10.2 Å². The summed E-state index contributed by atoms with van der Waals surface area (Å²) in [5.74, 6) is -2.39. The van der Waals surface area contributed by atoms with Crippen molar-refractivity contribution in [2.45, 2.75) is 78.1 Å². The summed E-state index contributed by atoms with van der Waals surface area (Å²) in [5, 5.41) is 11.7. The van der Waals surface area contributed by atoms with Gasteiger partial charge < -0.3 is 25.8 Å². The lowest BCUT2D eigenvalue weighted by atomic mass is 10.00. The molecule has 0 heterocycles. The molecule has 0 spiro atoms. The molecule has 1 aromatic carbocycles. The molecule has 3 amide bonds. The third-order valence-electron chi connectivity index (χ3n) is 4.51. The summed E-state index contributed by atoms with van der Waals surface area (Å²) >= 11 is 0. The van der Waals surface area contributed by atoms with Gasteiger partial charge in [-0.25, -0.2) is 4.79 Å². The van der Waals surface area contributed by atoms with Crippen LogP contribution in [0.25, 0.3) is 0 Å². The first-order valence-corrected chi connectivity index (χ1v) is 10.6. The average molecular weight is 450 g/mol. The molecule has 0 aliphatic heterocycles. The van der Waals surface area contributed by atoms with Crippen molar-refractivity contribution >= 4 is 23.9 Å². The summed E-state index contributed by atoms with van der Waals surface area (Å²) in [6.45, 7) is 8.97. The topological polar surface area (TPSA) is 139 Å². The monoisotopic (exact) mass is 449 g/mol. The van der Waals surface area contributed by atoms with Crippen LogP contribution in [-0.2, 0) is 25.7 Å². The molecule has 0 bridgehead atoms. The summed E-state index contributed by atoms with van der Waals surface area (Å²) in [6, 6.07) is 6.85. The molecule has 0 saturated carbocycles. The fourth-order valence-corrected chi connectivity index (χ4v) is 3.18. The number of benzene rings is 1. The number of hydrogen-bond donors (Lipinski definition) is 3. The van der Waals surface area contributed by atoms with Crippen molar-refractivity contribution < 1.29 is 29.0 Å². The smallest absolute Gasteiger partial charge is 0.408 e. The van der Waals surface area contributed by atoms with Gasteiger partial charge in [0.15, 0.2) is 0 Å². The van der Waals surface area contributed by atoms with Gasteiger partial charge >= 0.3 is 12.1 Å². The molecule has 9 nitrogen and oxygen atoms in total. The minimum absolute atomic E-state index is 0.0392. The number of carbonyl (C=O) groups is 4. The van der Waals surface area contributed by atoms with Crippen molar-refractivity contribution in [3.8, 4) is 0 Å². The van der Waals surface area contributed by atoms with Gasteiger partial charge in [-0.3, -0.25) is 14.4 Å². The summed E-state index contributed by atoms with van der Waals surface area (Å²) in [4.78, 5) is 50.5. The molecule has 1 aromatic rings. The second-order valence-electron chi connectivity index (χ2n) is 9.13. The predicted octanol–water partition coefficient (Wildman–Crippen LogP) is 2.67. The Labute approximate surface area is 189 Å². The van der Waals surface area contributed by atoms with E-state index >= 15 is 0 Å². The third-order valence-corrected chi connectivity index (χ3v) is 4.51. The second kappa shape index (κ2) is 12.1. The highest BCUT2D eigenvalue weighted by Crippen LogP contribution is 2.18. The van der Waals surface area contributed by atoms with E-state index in [9.17, 15) is 19.2 Å². The summed E-state index contributed by atoms with van der Waals surface area (Å²) < 4.78 is 5.29. The molecule has 32 heavy (non-hydrogen) atoms. The summed E-state index contributed by atoms with van der Waals surface area (Å²) in [6.07, 6.45) is -0.921. The van der Waals surface area contributed by atoms with Gasteiger partial charge in [0.25, 0.3) is 0 Å². The van der Waals surface area contributed by atoms with E-state index in [1.807, 2.05) is 19.9 Å². The number of carbonyl (C=O) groups excluding carboxylic acids is 3. The molecule has 9 heteroatoms. The fourth-order valence-electron chi connectivity index (χ4n) is 3.18. The van der Waals surface area contributed by atoms with Gasteiger partial charge in [0.05, 0.1) is 0 Å². The van der Waals surface area contributed by atoms with Gasteiger partial charge in [-0.05, 0) is 45.1 Å². The molecule has 0 aromatic heterocycles. The molecule has 2 atom stereocenters. The number of primary amides is 1. The number of amides is 3. The first kappa shape index (κ1) is 26.9. The van der Waals surface area contributed by atoms with Gasteiger partial charge in [-0.2, -0.15) is 0 Å². The molecule has 0 fully saturated rings. The first-order valence-electron chi connectivity index (χ1n) is 10.6. The van der Waals surface area contributed by atoms with E-state index in [0.29, 0.717) is 6.42 Å². The SMILES string of the molecule is CC(C)C[C@H](NC(=O)OC(C)(C)C)C(=O)N(Cc1ccccc1)[C@H](CCC(=O)O)C(N)=O. The Morgan fingerprint density at radius 2 is 1.72 bits per heavy atom. The molecule has 0 saturated heterocycles. The highest BCUT2D eigenvalue weighted by Gasteiger charge is 2.35. The van der Waals surface area contributed by atoms with E-state index in [0.717, 1.165) is 5.56 Å². The van der Waals surface area contributed by atoms with Crippen molar-refractivity contribution in [3.63, 3.8) is 0 Å². The maximum absolute atomic E-state index is 13.6. The normalized spacial score (nSPS) is 13.2.